The van der Waals surface area contributed by atoms with Crippen molar-refractivity contribution >= 4 is 11.8 Å². The molecule has 1 aliphatic heterocycles. The first kappa shape index (κ1) is 14.9. The molecule has 0 unspecified atom stereocenters. The molecule has 0 aromatic heterocycles. The maximum Gasteiger partial charge on any atom is 0.273 e. The molecule has 0 bridgehead atoms. The number of ether oxygens (including phenoxy) is 2. The topological polar surface area (TPSA) is 73.6 Å². The van der Waals surface area contributed by atoms with Gasteiger partial charge in [-0.25, -0.2) is 0 Å². The van der Waals surface area contributed by atoms with E-state index in [1.807, 2.05) is 24.3 Å². The van der Waals surface area contributed by atoms with Gasteiger partial charge in [-0.3, -0.25) is 10.1 Å². The van der Waals surface area contributed by atoms with Crippen molar-refractivity contribution in [1.82, 2.24) is 0 Å². The van der Waals surface area contributed by atoms with Crippen molar-refractivity contribution in [2.75, 3.05) is 19.5 Å². The van der Waals surface area contributed by atoms with E-state index < -0.39 is 6.04 Å². The van der Waals surface area contributed by atoms with Crippen LogP contribution in [0.3, 0.4) is 0 Å². The first-order valence-corrected chi connectivity index (χ1v) is 7.07. The summed E-state index contributed by atoms with van der Waals surface area (Å²) in [6, 6.07) is 12.2. The van der Waals surface area contributed by atoms with Crippen LogP contribution in [0.15, 0.2) is 48.2 Å². The van der Waals surface area contributed by atoms with Crippen LogP contribution < -0.4 is 14.8 Å². The zero-order valence-corrected chi connectivity index (χ0v) is 12.8. The van der Waals surface area contributed by atoms with Gasteiger partial charge < -0.3 is 14.8 Å². The number of rotatable bonds is 4. The molecule has 23 heavy (non-hydrogen) atoms. The molecule has 0 saturated carbocycles. The molecule has 2 aromatic carbocycles. The Morgan fingerprint density at radius 2 is 1.83 bits per heavy atom. The van der Waals surface area contributed by atoms with Gasteiger partial charge in [0, 0.05) is 17.3 Å². The number of para-hydroxylation sites is 1. The quantitative estimate of drug-likeness (QED) is 0.691. The number of fused-ring (bicyclic) bond motifs is 1. The summed E-state index contributed by atoms with van der Waals surface area (Å²) >= 11 is 0. The zero-order valence-electron chi connectivity index (χ0n) is 12.8. The number of hydrogen-bond donors (Lipinski definition) is 1. The molecule has 0 fully saturated rings. The van der Waals surface area contributed by atoms with E-state index in [1.54, 1.807) is 31.4 Å². The Hall–Kier alpha value is -3.02. The van der Waals surface area contributed by atoms with Crippen LogP contribution in [0.5, 0.6) is 11.5 Å². The van der Waals surface area contributed by atoms with E-state index in [1.165, 1.54) is 7.11 Å². The van der Waals surface area contributed by atoms with Crippen molar-refractivity contribution in [1.29, 1.82) is 0 Å². The molecule has 2 aromatic rings. The Morgan fingerprint density at radius 3 is 2.52 bits per heavy atom. The molecule has 1 atom stereocenters. The second-order valence-corrected chi connectivity index (χ2v) is 5.11. The number of benzene rings is 2. The lowest BCUT2D eigenvalue weighted by atomic mass is 9.96. The van der Waals surface area contributed by atoms with Crippen LogP contribution in [0.25, 0.3) is 6.08 Å². The summed E-state index contributed by atoms with van der Waals surface area (Å²) in [5.74, 6) is 1.12. The molecule has 6 heteroatoms. The van der Waals surface area contributed by atoms with Gasteiger partial charge in [-0.05, 0) is 23.8 Å². The van der Waals surface area contributed by atoms with E-state index in [0.717, 1.165) is 16.8 Å². The van der Waals surface area contributed by atoms with Crippen LogP contribution in [0.1, 0.15) is 17.2 Å². The minimum Gasteiger partial charge on any atom is -0.493 e. The number of nitro groups is 1. The van der Waals surface area contributed by atoms with Gasteiger partial charge in [-0.2, -0.15) is 0 Å². The molecule has 1 N–H and O–H groups in total. The molecule has 1 aliphatic rings. The Balaban J connectivity index is 2.07. The molecule has 0 saturated heterocycles. The molecule has 0 aliphatic carbocycles. The van der Waals surface area contributed by atoms with Crippen LogP contribution in [0, 0.1) is 10.1 Å². The fourth-order valence-corrected chi connectivity index (χ4v) is 2.67. The average molecular weight is 312 g/mol. The van der Waals surface area contributed by atoms with Crippen molar-refractivity contribution in [3.05, 3.63) is 69.4 Å². The molecule has 0 amide bonds. The fraction of sp³-hybridized carbons (Fsp3) is 0.176. The predicted molar refractivity (Wildman–Crippen MR) is 87.3 cm³/mol. The molecular weight excluding hydrogens is 296 g/mol. The molecule has 3 rings (SSSR count). The lowest BCUT2D eigenvalue weighted by Gasteiger charge is -2.24. The number of nitrogens with zero attached hydrogens (tertiary/aromatic N) is 1. The normalized spacial score (nSPS) is 15.9. The summed E-state index contributed by atoms with van der Waals surface area (Å²) in [5.41, 5.74) is 2.49. The highest BCUT2D eigenvalue weighted by atomic mass is 16.6. The monoisotopic (exact) mass is 312 g/mol. The van der Waals surface area contributed by atoms with Gasteiger partial charge in [0.05, 0.1) is 19.1 Å². The predicted octanol–water partition coefficient (Wildman–Crippen LogP) is 3.49. The van der Waals surface area contributed by atoms with Gasteiger partial charge in [-0.15, -0.1) is 0 Å². The standard InChI is InChI=1S/C17H16N2O4/c1-22-15-8-7-12(10-16(15)23-2)17-14(19(20)21)9-11-5-3-4-6-13(11)18-17/h3-10,17-18H,1-2H3/t17-/m0/s1. The largest absolute Gasteiger partial charge is 0.493 e. The molecule has 1 heterocycles. The Bertz CT molecular complexity index is 786. The summed E-state index contributed by atoms with van der Waals surface area (Å²) in [5, 5.41) is 14.7. The average Bonchev–Trinajstić information content (AvgIpc) is 2.59. The minimum absolute atomic E-state index is 0.0934. The van der Waals surface area contributed by atoms with Crippen LogP contribution >= 0.6 is 0 Å². The highest BCUT2D eigenvalue weighted by molar-refractivity contribution is 5.73. The first-order chi connectivity index (χ1) is 11.1. The Kier molecular flexibility index (Phi) is 3.89. The fourth-order valence-electron chi connectivity index (χ4n) is 2.67. The van der Waals surface area contributed by atoms with Crippen molar-refractivity contribution < 1.29 is 14.4 Å². The van der Waals surface area contributed by atoms with E-state index in [2.05, 4.69) is 5.32 Å². The van der Waals surface area contributed by atoms with E-state index >= 15 is 0 Å². The summed E-state index contributed by atoms with van der Waals surface area (Å²) in [7, 11) is 3.09. The lowest BCUT2D eigenvalue weighted by Crippen LogP contribution is -2.22. The van der Waals surface area contributed by atoms with Crippen LogP contribution in [0.2, 0.25) is 0 Å². The van der Waals surface area contributed by atoms with Crippen LogP contribution in [0.4, 0.5) is 5.69 Å². The molecular formula is C17H16N2O4. The number of nitrogens with one attached hydrogen (secondary N) is 1. The van der Waals surface area contributed by atoms with Crippen molar-refractivity contribution in [3.63, 3.8) is 0 Å². The second kappa shape index (κ2) is 6.00. The summed E-state index contributed by atoms with van der Waals surface area (Å²) in [4.78, 5) is 11.1. The van der Waals surface area contributed by atoms with Crippen molar-refractivity contribution in [2.45, 2.75) is 6.04 Å². The third-order valence-electron chi connectivity index (χ3n) is 3.81. The Labute approximate surface area is 133 Å². The van der Waals surface area contributed by atoms with Gasteiger partial charge in [0.1, 0.15) is 6.04 Å². The van der Waals surface area contributed by atoms with Crippen molar-refractivity contribution in [3.8, 4) is 11.5 Å². The summed E-state index contributed by atoms with van der Waals surface area (Å²) in [6.45, 7) is 0. The molecule has 0 spiro atoms. The minimum atomic E-state index is -0.556. The van der Waals surface area contributed by atoms with E-state index in [9.17, 15) is 10.1 Å². The highest BCUT2D eigenvalue weighted by Crippen LogP contribution is 2.38. The summed E-state index contributed by atoms with van der Waals surface area (Å²) < 4.78 is 10.5. The molecule has 6 nitrogen and oxygen atoms in total. The van der Waals surface area contributed by atoms with Crippen molar-refractivity contribution in [2.24, 2.45) is 0 Å². The number of hydrogen-bond acceptors (Lipinski definition) is 5. The van der Waals surface area contributed by atoms with Crippen LogP contribution in [-0.2, 0) is 0 Å². The van der Waals surface area contributed by atoms with Gasteiger partial charge in [-0.1, -0.05) is 24.3 Å². The SMILES string of the molecule is COc1ccc([C@@H]2Nc3ccccc3C=C2[N+](=O)[O-])cc1OC. The van der Waals surface area contributed by atoms with Gasteiger partial charge in [0.25, 0.3) is 5.70 Å². The maximum absolute atomic E-state index is 11.5. The third-order valence-corrected chi connectivity index (χ3v) is 3.81. The third kappa shape index (κ3) is 2.70. The van der Waals surface area contributed by atoms with E-state index in [0.29, 0.717) is 11.5 Å². The summed E-state index contributed by atoms with van der Waals surface area (Å²) in [6.07, 6.45) is 1.60. The lowest BCUT2D eigenvalue weighted by molar-refractivity contribution is -0.427. The van der Waals surface area contributed by atoms with Gasteiger partial charge in [0.15, 0.2) is 11.5 Å². The smallest absolute Gasteiger partial charge is 0.273 e. The maximum atomic E-state index is 11.5. The van der Waals surface area contributed by atoms with E-state index in [4.69, 9.17) is 9.47 Å². The Morgan fingerprint density at radius 1 is 1.09 bits per heavy atom. The van der Waals surface area contributed by atoms with Gasteiger partial charge in [0.2, 0.25) is 0 Å². The van der Waals surface area contributed by atoms with E-state index in [-0.39, 0.29) is 10.6 Å². The second-order valence-electron chi connectivity index (χ2n) is 5.11. The zero-order chi connectivity index (χ0) is 16.4. The highest BCUT2D eigenvalue weighted by Gasteiger charge is 2.31. The van der Waals surface area contributed by atoms with Gasteiger partial charge >= 0.3 is 0 Å². The molecule has 0 radical (unpaired) electrons. The molecule has 118 valence electrons. The number of anilines is 1. The van der Waals surface area contributed by atoms with Crippen LogP contribution in [-0.4, -0.2) is 19.1 Å². The first-order valence-electron chi connectivity index (χ1n) is 7.07. The number of methoxy groups -OCH3 is 2.